The van der Waals surface area contributed by atoms with Crippen LogP contribution < -0.4 is 31.2 Å². The van der Waals surface area contributed by atoms with Gasteiger partial charge in [-0.25, -0.2) is 0 Å². The maximum absolute atomic E-state index is 5.57. The summed E-state index contributed by atoms with van der Waals surface area (Å²) in [6, 6.07) is 6.15. The van der Waals surface area contributed by atoms with Crippen LogP contribution in [0, 0.1) is 0 Å². The lowest BCUT2D eigenvalue weighted by molar-refractivity contribution is 0.0547. The predicted octanol–water partition coefficient (Wildman–Crippen LogP) is 2.26. The van der Waals surface area contributed by atoms with Gasteiger partial charge in [0.1, 0.15) is 0 Å². The van der Waals surface area contributed by atoms with Gasteiger partial charge in [-0.2, -0.15) is 15.0 Å². The van der Waals surface area contributed by atoms with Crippen LogP contribution in [0.4, 0.5) is 17.8 Å². The Bertz CT molecular complexity index is 865. The highest BCUT2D eigenvalue weighted by molar-refractivity contribution is 5.49. The van der Waals surface area contributed by atoms with Gasteiger partial charge in [-0.3, -0.25) is 0 Å². The topological polar surface area (TPSA) is 138 Å². The van der Waals surface area contributed by atoms with Gasteiger partial charge in [0.25, 0.3) is 0 Å². The standard InChI is InChI=1S/C23H37N7O4/c1-31-19-9-5-6-17(20(19)32-2)16-26-22-28-21(25-11-13-34-15-14-33-12-10-24)29-23(30-22)27-18-7-3-4-8-18/h5-6,9,18H,3-4,7-8,10-16,24H2,1-2H3,(H3,25,26,27,28,29,30). The monoisotopic (exact) mass is 475 g/mol. The van der Waals surface area contributed by atoms with Crippen LogP contribution in [-0.2, 0) is 16.0 Å². The zero-order valence-corrected chi connectivity index (χ0v) is 20.1. The third kappa shape index (κ3) is 8.15. The van der Waals surface area contributed by atoms with E-state index < -0.39 is 0 Å². The second-order valence-electron chi connectivity index (χ2n) is 7.88. The number of nitrogens with two attached hydrogens (primary N) is 1. The molecule has 1 aliphatic carbocycles. The van der Waals surface area contributed by atoms with Crippen molar-refractivity contribution in [2.75, 3.05) is 69.7 Å². The first-order valence-corrected chi connectivity index (χ1v) is 11.8. The van der Waals surface area contributed by atoms with Crippen molar-refractivity contribution in [2.24, 2.45) is 5.73 Å². The summed E-state index contributed by atoms with van der Waals surface area (Å²) in [6.45, 7) is 3.64. The average molecular weight is 476 g/mol. The van der Waals surface area contributed by atoms with Gasteiger partial charge < -0.3 is 40.6 Å². The summed E-state index contributed by atoms with van der Waals surface area (Å²) < 4.78 is 21.8. The third-order valence-electron chi connectivity index (χ3n) is 5.41. The van der Waals surface area contributed by atoms with Gasteiger partial charge in [0.2, 0.25) is 17.8 Å². The van der Waals surface area contributed by atoms with Gasteiger partial charge in [-0.15, -0.1) is 0 Å². The van der Waals surface area contributed by atoms with Crippen molar-refractivity contribution >= 4 is 17.8 Å². The van der Waals surface area contributed by atoms with Crippen molar-refractivity contribution in [3.63, 3.8) is 0 Å². The quantitative estimate of drug-likeness (QED) is 0.266. The second kappa shape index (κ2) is 14.4. The number of rotatable bonds is 16. The lowest BCUT2D eigenvalue weighted by atomic mass is 10.2. The Labute approximate surface area is 201 Å². The van der Waals surface area contributed by atoms with Gasteiger partial charge in [-0.05, 0) is 18.9 Å². The number of methoxy groups -OCH3 is 2. The first-order chi connectivity index (χ1) is 16.7. The number of nitrogens with one attached hydrogen (secondary N) is 3. The van der Waals surface area contributed by atoms with Gasteiger partial charge in [-0.1, -0.05) is 25.0 Å². The molecule has 11 nitrogen and oxygen atoms in total. The molecule has 11 heteroatoms. The van der Waals surface area contributed by atoms with E-state index in [9.17, 15) is 0 Å². The SMILES string of the molecule is COc1cccc(CNc2nc(NCCOCCOCCN)nc(NC3CCCC3)n2)c1OC. The molecule has 1 saturated carbocycles. The summed E-state index contributed by atoms with van der Waals surface area (Å²) in [6.07, 6.45) is 4.69. The van der Waals surface area contributed by atoms with Crippen LogP contribution in [0.1, 0.15) is 31.2 Å². The highest BCUT2D eigenvalue weighted by atomic mass is 16.5. The Hall–Kier alpha value is -2.89. The summed E-state index contributed by atoms with van der Waals surface area (Å²) in [5.41, 5.74) is 6.33. The summed E-state index contributed by atoms with van der Waals surface area (Å²) in [5.74, 6) is 2.87. The van der Waals surface area contributed by atoms with Crippen LogP contribution >= 0.6 is 0 Å². The molecule has 3 rings (SSSR count). The zero-order valence-electron chi connectivity index (χ0n) is 20.1. The molecule has 0 saturated heterocycles. The summed E-state index contributed by atoms with van der Waals surface area (Å²) >= 11 is 0. The Balaban J connectivity index is 1.61. The van der Waals surface area contributed by atoms with E-state index in [-0.39, 0.29) is 0 Å². The molecule has 1 fully saturated rings. The van der Waals surface area contributed by atoms with Crippen molar-refractivity contribution in [3.8, 4) is 11.5 Å². The maximum Gasteiger partial charge on any atom is 0.229 e. The van der Waals surface area contributed by atoms with Crippen molar-refractivity contribution < 1.29 is 18.9 Å². The molecule has 0 unspecified atom stereocenters. The minimum Gasteiger partial charge on any atom is -0.493 e. The molecular formula is C23H37N7O4. The predicted molar refractivity (Wildman–Crippen MR) is 132 cm³/mol. The molecule has 1 aromatic carbocycles. The smallest absolute Gasteiger partial charge is 0.229 e. The van der Waals surface area contributed by atoms with Crippen LogP contribution in [0.3, 0.4) is 0 Å². The molecule has 0 aliphatic heterocycles. The first-order valence-electron chi connectivity index (χ1n) is 11.8. The Morgan fingerprint density at radius 2 is 1.59 bits per heavy atom. The van der Waals surface area contributed by atoms with Crippen LogP contribution in [0.15, 0.2) is 18.2 Å². The molecule has 1 heterocycles. The van der Waals surface area contributed by atoms with E-state index in [2.05, 4.69) is 30.9 Å². The maximum atomic E-state index is 5.57. The molecule has 0 radical (unpaired) electrons. The van der Waals surface area contributed by atoms with Crippen LogP contribution in [-0.4, -0.2) is 74.7 Å². The molecule has 0 bridgehead atoms. The van der Waals surface area contributed by atoms with Crippen LogP contribution in [0.2, 0.25) is 0 Å². The fraction of sp³-hybridized carbons (Fsp3) is 0.609. The Morgan fingerprint density at radius 1 is 0.882 bits per heavy atom. The number of para-hydroxylation sites is 1. The number of hydrogen-bond acceptors (Lipinski definition) is 11. The fourth-order valence-electron chi connectivity index (χ4n) is 3.76. The number of nitrogens with zero attached hydrogens (tertiary/aromatic N) is 3. The third-order valence-corrected chi connectivity index (χ3v) is 5.41. The van der Waals surface area contributed by atoms with Gasteiger partial charge >= 0.3 is 0 Å². The largest absolute Gasteiger partial charge is 0.493 e. The van der Waals surface area contributed by atoms with Crippen molar-refractivity contribution in [1.29, 1.82) is 0 Å². The van der Waals surface area contributed by atoms with E-state index in [4.69, 9.17) is 24.7 Å². The number of hydrogen-bond donors (Lipinski definition) is 4. The molecule has 0 atom stereocenters. The average Bonchev–Trinajstić information content (AvgIpc) is 3.37. The Morgan fingerprint density at radius 3 is 2.29 bits per heavy atom. The molecule has 0 amide bonds. The fourth-order valence-corrected chi connectivity index (χ4v) is 3.76. The molecule has 1 aliphatic rings. The second-order valence-corrected chi connectivity index (χ2v) is 7.88. The van der Waals surface area contributed by atoms with Crippen molar-refractivity contribution in [2.45, 2.75) is 38.3 Å². The Kier molecular flexibility index (Phi) is 10.9. The van der Waals surface area contributed by atoms with E-state index in [0.717, 1.165) is 18.4 Å². The van der Waals surface area contributed by atoms with E-state index in [1.54, 1.807) is 14.2 Å². The highest BCUT2D eigenvalue weighted by Gasteiger charge is 2.17. The van der Waals surface area contributed by atoms with E-state index >= 15 is 0 Å². The minimum atomic E-state index is 0.387. The van der Waals surface area contributed by atoms with Crippen LogP contribution in [0.5, 0.6) is 11.5 Å². The van der Waals surface area contributed by atoms with Crippen molar-refractivity contribution in [3.05, 3.63) is 23.8 Å². The van der Waals surface area contributed by atoms with Crippen molar-refractivity contribution in [1.82, 2.24) is 15.0 Å². The minimum absolute atomic E-state index is 0.387. The number of ether oxygens (including phenoxy) is 4. The number of benzene rings is 1. The zero-order chi connectivity index (χ0) is 24.0. The van der Waals surface area contributed by atoms with Gasteiger partial charge in [0.15, 0.2) is 11.5 Å². The number of aromatic nitrogens is 3. The van der Waals surface area contributed by atoms with E-state index in [0.29, 0.717) is 81.4 Å². The van der Waals surface area contributed by atoms with E-state index in [1.165, 1.54) is 12.8 Å². The molecule has 0 spiro atoms. The van der Waals surface area contributed by atoms with Crippen LogP contribution in [0.25, 0.3) is 0 Å². The van der Waals surface area contributed by atoms with E-state index in [1.807, 2.05) is 18.2 Å². The molecule has 1 aromatic heterocycles. The number of anilines is 3. The summed E-state index contributed by atoms with van der Waals surface area (Å²) in [7, 11) is 3.25. The molecule has 5 N–H and O–H groups in total. The van der Waals surface area contributed by atoms with Gasteiger partial charge in [0.05, 0.1) is 40.6 Å². The molecule has 2 aromatic rings. The lowest BCUT2D eigenvalue weighted by Crippen LogP contribution is -2.20. The lowest BCUT2D eigenvalue weighted by Gasteiger charge is -2.16. The van der Waals surface area contributed by atoms with Gasteiger partial charge in [0, 0.05) is 31.2 Å². The molecule has 34 heavy (non-hydrogen) atoms. The summed E-state index contributed by atoms with van der Waals surface area (Å²) in [4.78, 5) is 13.7. The first kappa shape index (κ1) is 25.7. The normalized spacial score (nSPS) is 13.6. The molecular weight excluding hydrogens is 438 g/mol. The molecule has 188 valence electrons. The highest BCUT2D eigenvalue weighted by Crippen LogP contribution is 2.31. The summed E-state index contributed by atoms with van der Waals surface area (Å²) in [5, 5.41) is 9.95.